The topological polar surface area (TPSA) is 68.0 Å². The average Bonchev–Trinajstić information content (AvgIpc) is 2.47. The van der Waals surface area contributed by atoms with Crippen molar-refractivity contribution in [3.8, 4) is 0 Å². The van der Waals surface area contributed by atoms with Crippen molar-refractivity contribution in [3.63, 3.8) is 0 Å². The summed E-state index contributed by atoms with van der Waals surface area (Å²) in [4.78, 5) is 16.5. The van der Waals surface area contributed by atoms with Crippen LogP contribution in [-0.4, -0.2) is 23.0 Å². The number of rotatable bonds is 6. The summed E-state index contributed by atoms with van der Waals surface area (Å²) < 4.78 is 0. The molecule has 1 atom stereocenters. The van der Waals surface area contributed by atoms with Crippen LogP contribution in [0.5, 0.6) is 0 Å². The summed E-state index contributed by atoms with van der Waals surface area (Å²) >= 11 is 0. The molecule has 0 spiro atoms. The molecule has 0 saturated carbocycles. The van der Waals surface area contributed by atoms with Gasteiger partial charge in [0.25, 0.3) is 0 Å². The van der Waals surface area contributed by atoms with Gasteiger partial charge in [0.05, 0.1) is 11.1 Å². The molecule has 112 valence electrons. The van der Waals surface area contributed by atoms with Crippen LogP contribution >= 0.6 is 0 Å². The standard InChI is InChI=1S/C17H23N3O/c1-3-10-17(2,18)16(21)20-12-9-14-7-4-6-13-8-5-11-19-15(13)14/h4-8,11H,3,9-10,12,18H2,1-2H3,(H,20,21). The molecule has 1 unspecified atom stereocenters. The summed E-state index contributed by atoms with van der Waals surface area (Å²) in [6.45, 7) is 4.39. The molecule has 1 aromatic heterocycles. The molecule has 4 heteroatoms. The molecule has 0 aliphatic carbocycles. The van der Waals surface area contributed by atoms with E-state index in [-0.39, 0.29) is 5.91 Å². The highest BCUT2D eigenvalue weighted by molar-refractivity contribution is 5.85. The number of hydrogen-bond donors (Lipinski definition) is 2. The number of para-hydroxylation sites is 1. The first-order valence-electron chi connectivity index (χ1n) is 7.44. The number of amides is 1. The van der Waals surface area contributed by atoms with Gasteiger partial charge in [-0.05, 0) is 31.4 Å². The van der Waals surface area contributed by atoms with Gasteiger partial charge in [0.1, 0.15) is 0 Å². The fourth-order valence-electron chi connectivity index (χ4n) is 2.51. The van der Waals surface area contributed by atoms with Crippen molar-refractivity contribution >= 4 is 16.8 Å². The number of nitrogens with two attached hydrogens (primary N) is 1. The number of carbonyl (C=O) groups is 1. The van der Waals surface area contributed by atoms with Crippen molar-refractivity contribution < 1.29 is 4.79 Å². The molecule has 2 aromatic rings. The molecule has 3 N–H and O–H groups in total. The van der Waals surface area contributed by atoms with E-state index in [1.807, 2.05) is 31.2 Å². The van der Waals surface area contributed by atoms with Gasteiger partial charge in [-0.25, -0.2) is 0 Å². The number of nitrogens with one attached hydrogen (secondary N) is 1. The number of pyridine rings is 1. The van der Waals surface area contributed by atoms with Crippen molar-refractivity contribution in [2.24, 2.45) is 5.73 Å². The van der Waals surface area contributed by atoms with Crippen LogP contribution in [-0.2, 0) is 11.2 Å². The van der Waals surface area contributed by atoms with Gasteiger partial charge in [0, 0.05) is 18.1 Å². The summed E-state index contributed by atoms with van der Waals surface area (Å²) in [7, 11) is 0. The second kappa shape index (κ2) is 6.68. The third-order valence-corrected chi connectivity index (χ3v) is 3.68. The normalized spacial score (nSPS) is 13.9. The lowest BCUT2D eigenvalue weighted by Crippen LogP contribution is -2.51. The molecular weight excluding hydrogens is 262 g/mol. The molecule has 0 aliphatic heterocycles. The van der Waals surface area contributed by atoms with E-state index in [9.17, 15) is 4.79 Å². The largest absolute Gasteiger partial charge is 0.354 e. The first-order chi connectivity index (χ1) is 10.0. The minimum atomic E-state index is -0.786. The summed E-state index contributed by atoms with van der Waals surface area (Å²) in [5.41, 5.74) is 7.37. The molecule has 0 radical (unpaired) electrons. The number of fused-ring (bicyclic) bond motifs is 1. The van der Waals surface area contributed by atoms with Crippen LogP contribution in [0.1, 0.15) is 32.3 Å². The summed E-state index contributed by atoms with van der Waals surface area (Å²) in [6.07, 6.45) is 4.13. The van der Waals surface area contributed by atoms with Crippen LogP contribution < -0.4 is 11.1 Å². The van der Waals surface area contributed by atoms with E-state index in [2.05, 4.69) is 16.4 Å². The van der Waals surface area contributed by atoms with Crippen molar-refractivity contribution in [2.45, 2.75) is 38.6 Å². The Morgan fingerprint density at radius 2 is 2.10 bits per heavy atom. The number of benzene rings is 1. The quantitative estimate of drug-likeness (QED) is 0.856. The van der Waals surface area contributed by atoms with Crippen LogP contribution in [0, 0.1) is 0 Å². The van der Waals surface area contributed by atoms with E-state index < -0.39 is 5.54 Å². The van der Waals surface area contributed by atoms with Gasteiger partial charge in [-0.3, -0.25) is 9.78 Å². The molecular formula is C17H23N3O. The molecule has 0 bridgehead atoms. The molecule has 1 heterocycles. The second-order valence-electron chi connectivity index (χ2n) is 5.67. The third kappa shape index (κ3) is 3.79. The predicted molar refractivity (Wildman–Crippen MR) is 86.0 cm³/mol. The van der Waals surface area contributed by atoms with Gasteiger partial charge in [0.2, 0.25) is 5.91 Å². The average molecular weight is 285 g/mol. The van der Waals surface area contributed by atoms with E-state index >= 15 is 0 Å². The van der Waals surface area contributed by atoms with Crippen LogP contribution in [0.2, 0.25) is 0 Å². The number of carbonyl (C=O) groups excluding carboxylic acids is 1. The Kier molecular flexibility index (Phi) is 4.91. The Morgan fingerprint density at radius 1 is 1.33 bits per heavy atom. The summed E-state index contributed by atoms with van der Waals surface area (Å²) in [5, 5.41) is 4.05. The van der Waals surface area contributed by atoms with Crippen LogP contribution in [0.25, 0.3) is 10.9 Å². The van der Waals surface area contributed by atoms with E-state index in [1.165, 1.54) is 0 Å². The first-order valence-corrected chi connectivity index (χ1v) is 7.44. The monoisotopic (exact) mass is 285 g/mol. The highest BCUT2D eigenvalue weighted by Crippen LogP contribution is 2.16. The second-order valence-corrected chi connectivity index (χ2v) is 5.67. The zero-order chi connectivity index (χ0) is 15.3. The third-order valence-electron chi connectivity index (χ3n) is 3.68. The van der Waals surface area contributed by atoms with E-state index in [0.29, 0.717) is 13.0 Å². The fourth-order valence-corrected chi connectivity index (χ4v) is 2.51. The minimum absolute atomic E-state index is 0.0856. The lowest BCUT2D eigenvalue weighted by Gasteiger charge is -2.22. The maximum Gasteiger partial charge on any atom is 0.239 e. The Balaban J connectivity index is 1.98. The molecule has 0 fully saturated rings. The van der Waals surface area contributed by atoms with E-state index in [1.54, 1.807) is 13.1 Å². The molecule has 0 saturated heterocycles. The van der Waals surface area contributed by atoms with Crippen molar-refractivity contribution in [3.05, 3.63) is 42.1 Å². The summed E-state index contributed by atoms with van der Waals surface area (Å²) in [5.74, 6) is -0.0856. The Labute approximate surface area is 125 Å². The molecule has 1 aromatic carbocycles. The van der Waals surface area contributed by atoms with Crippen LogP contribution in [0.3, 0.4) is 0 Å². The Morgan fingerprint density at radius 3 is 2.86 bits per heavy atom. The van der Waals surface area contributed by atoms with E-state index in [0.717, 1.165) is 29.3 Å². The SMILES string of the molecule is CCCC(C)(N)C(=O)NCCc1cccc2cccnc12. The molecule has 0 aliphatic rings. The number of aromatic nitrogens is 1. The highest BCUT2D eigenvalue weighted by Gasteiger charge is 2.26. The van der Waals surface area contributed by atoms with Crippen LogP contribution in [0.4, 0.5) is 0 Å². The Hall–Kier alpha value is -1.94. The lowest BCUT2D eigenvalue weighted by atomic mass is 9.96. The van der Waals surface area contributed by atoms with Gasteiger partial charge in [0.15, 0.2) is 0 Å². The zero-order valence-electron chi connectivity index (χ0n) is 12.7. The lowest BCUT2D eigenvalue weighted by molar-refractivity contribution is -0.126. The van der Waals surface area contributed by atoms with E-state index in [4.69, 9.17) is 5.73 Å². The maximum atomic E-state index is 12.1. The van der Waals surface area contributed by atoms with Crippen molar-refractivity contribution in [2.75, 3.05) is 6.54 Å². The zero-order valence-corrected chi connectivity index (χ0v) is 12.7. The summed E-state index contributed by atoms with van der Waals surface area (Å²) in [6, 6.07) is 10.1. The van der Waals surface area contributed by atoms with Gasteiger partial charge >= 0.3 is 0 Å². The van der Waals surface area contributed by atoms with Crippen LogP contribution in [0.15, 0.2) is 36.5 Å². The maximum absolute atomic E-state index is 12.1. The first kappa shape index (κ1) is 15.4. The highest BCUT2D eigenvalue weighted by atomic mass is 16.2. The van der Waals surface area contributed by atoms with Gasteiger partial charge in [-0.2, -0.15) is 0 Å². The molecule has 21 heavy (non-hydrogen) atoms. The van der Waals surface area contributed by atoms with Gasteiger partial charge in [-0.15, -0.1) is 0 Å². The van der Waals surface area contributed by atoms with Crippen molar-refractivity contribution in [1.29, 1.82) is 0 Å². The molecule has 2 rings (SSSR count). The minimum Gasteiger partial charge on any atom is -0.354 e. The molecule has 4 nitrogen and oxygen atoms in total. The predicted octanol–water partition coefficient (Wildman–Crippen LogP) is 2.41. The number of nitrogens with zero attached hydrogens (tertiary/aromatic N) is 1. The molecule has 1 amide bonds. The van der Waals surface area contributed by atoms with Crippen molar-refractivity contribution in [1.82, 2.24) is 10.3 Å². The fraction of sp³-hybridized carbons (Fsp3) is 0.412. The Bertz CT molecular complexity index is 617. The number of hydrogen-bond acceptors (Lipinski definition) is 3. The van der Waals surface area contributed by atoms with Gasteiger partial charge < -0.3 is 11.1 Å². The van der Waals surface area contributed by atoms with Gasteiger partial charge in [-0.1, -0.05) is 37.6 Å². The smallest absolute Gasteiger partial charge is 0.239 e.